The number of pyridine rings is 1. The summed E-state index contributed by atoms with van der Waals surface area (Å²) in [5, 5.41) is 0. The molecule has 3 heterocycles. The van der Waals surface area contributed by atoms with Crippen molar-refractivity contribution in [3.63, 3.8) is 0 Å². The molecule has 3 amide bonds. The van der Waals surface area contributed by atoms with E-state index in [1.165, 1.54) is 0 Å². The molecule has 1 aromatic rings. The number of piperazine rings is 1. The highest BCUT2D eigenvalue weighted by atomic mass is 16.6. The SMILES string of the molecule is CCOC(=O)N1CCN(C(=O)C2CC(=O)N(Cc3ccccn3)C2)CC1. The highest BCUT2D eigenvalue weighted by Crippen LogP contribution is 2.22. The summed E-state index contributed by atoms with van der Waals surface area (Å²) in [6.45, 7) is 4.84. The summed E-state index contributed by atoms with van der Waals surface area (Å²) in [4.78, 5) is 46.0. The van der Waals surface area contributed by atoms with Crippen molar-refractivity contribution in [2.45, 2.75) is 19.9 Å². The first kappa shape index (κ1) is 18.2. The van der Waals surface area contributed by atoms with Crippen LogP contribution >= 0.6 is 0 Å². The molecule has 140 valence electrons. The molecule has 2 saturated heterocycles. The third-order valence-corrected chi connectivity index (χ3v) is 4.76. The van der Waals surface area contributed by atoms with Crippen molar-refractivity contribution < 1.29 is 19.1 Å². The van der Waals surface area contributed by atoms with Crippen LogP contribution in [0.5, 0.6) is 0 Å². The normalized spacial score (nSPS) is 20.4. The average Bonchev–Trinajstić information content (AvgIpc) is 3.03. The van der Waals surface area contributed by atoms with Crippen LogP contribution < -0.4 is 0 Å². The molecule has 3 rings (SSSR count). The lowest BCUT2D eigenvalue weighted by atomic mass is 10.1. The number of likely N-dealkylation sites (tertiary alicyclic amines) is 1. The van der Waals surface area contributed by atoms with E-state index in [-0.39, 0.29) is 30.2 Å². The Morgan fingerprint density at radius 1 is 1.19 bits per heavy atom. The van der Waals surface area contributed by atoms with Gasteiger partial charge in [-0.05, 0) is 19.1 Å². The van der Waals surface area contributed by atoms with Crippen LogP contribution in [0, 0.1) is 5.92 Å². The van der Waals surface area contributed by atoms with Gasteiger partial charge in [0.05, 0.1) is 24.8 Å². The van der Waals surface area contributed by atoms with Gasteiger partial charge in [-0.15, -0.1) is 0 Å². The van der Waals surface area contributed by atoms with Gasteiger partial charge in [0.2, 0.25) is 11.8 Å². The molecule has 1 atom stereocenters. The van der Waals surface area contributed by atoms with Gasteiger partial charge in [-0.1, -0.05) is 6.07 Å². The van der Waals surface area contributed by atoms with Crippen LogP contribution in [0.15, 0.2) is 24.4 Å². The molecule has 0 aliphatic carbocycles. The van der Waals surface area contributed by atoms with E-state index in [4.69, 9.17) is 4.74 Å². The molecule has 0 spiro atoms. The minimum absolute atomic E-state index is 0.00891. The fraction of sp³-hybridized carbons (Fsp3) is 0.556. The highest BCUT2D eigenvalue weighted by Gasteiger charge is 2.37. The summed E-state index contributed by atoms with van der Waals surface area (Å²) in [5.74, 6) is -0.343. The maximum absolute atomic E-state index is 12.7. The number of carbonyl (C=O) groups is 3. The van der Waals surface area contributed by atoms with Crippen molar-refractivity contribution >= 4 is 17.9 Å². The maximum Gasteiger partial charge on any atom is 0.409 e. The molecule has 26 heavy (non-hydrogen) atoms. The molecule has 0 aromatic carbocycles. The molecule has 1 aromatic heterocycles. The number of ether oxygens (including phenoxy) is 1. The summed E-state index contributed by atoms with van der Waals surface area (Å²) in [5.41, 5.74) is 0.817. The predicted molar refractivity (Wildman–Crippen MR) is 92.9 cm³/mol. The Labute approximate surface area is 152 Å². The maximum atomic E-state index is 12.7. The zero-order valence-electron chi connectivity index (χ0n) is 15.0. The summed E-state index contributed by atoms with van der Waals surface area (Å²) in [6, 6.07) is 5.59. The lowest BCUT2D eigenvalue weighted by Gasteiger charge is -2.35. The predicted octanol–water partition coefficient (Wildman–Crippen LogP) is 0.731. The first-order valence-corrected chi connectivity index (χ1v) is 8.96. The second kappa shape index (κ2) is 8.16. The molecule has 8 nitrogen and oxygen atoms in total. The van der Waals surface area contributed by atoms with Crippen LogP contribution in [0.4, 0.5) is 4.79 Å². The Morgan fingerprint density at radius 2 is 1.92 bits per heavy atom. The van der Waals surface area contributed by atoms with Gasteiger partial charge in [0.1, 0.15) is 0 Å². The van der Waals surface area contributed by atoms with Crippen molar-refractivity contribution in [2.75, 3.05) is 39.3 Å². The van der Waals surface area contributed by atoms with Crippen LogP contribution in [-0.2, 0) is 20.9 Å². The fourth-order valence-corrected chi connectivity index (χ4v) is 3.36. The monoisotopic (exact) mass is 360 g/mol. The Bertz CT molecular complexity index is 658. The third kappa shape index (κ3) is 4.12. The number of nitrogens with zero attached hydrogens (tertiary/aromatic N) is 4. The van der Waals surface area contributed by atoms with Crippen molar-refractivity contribution in [1.29, 1.82) is 0 Å². The molecule has 2 aliphatic heterocycles. The first-order chi connectivity index (χ1) is 12.6. The van der Waals surface area contributed by atoms with Crippen LogP contribution in [0.25, 0.3) is 0 Å². The molecular weight excluding hydrogens is 336 g/mol. The van der Waals surface area contributed by atoms with Crippen molar-refractivity contribution in [3.8, 4) is 0 Å². The van der Waals surface area contributed by atoms with E-state index in [0.29, 0.717) is 45.9 Å². The second-order valence-corrected chi connectivity index (χ2v) is 6.51. The van der Waals surface area contributed by atoms with Crippen LogP contribution in [-0.4, -0.2) is 76.9 Å². The number of aromatic nitrogens is 1. The van der Waals surface area contributed by atoms with Crippen LogP contribution in [0.3, 0.4) is 0 Å². The molecule has 0 N–H and O–H groups in total. The summed E-state index contributed by atoms with van der Waals surface area (Å²) < 4.78 is 4.99. The van der Waals surface area contributed by atoms with Gasteiger partial charge in [0, 0.05) is 45.3 Å². The molecule has 2 fully saturated rings. The summed E-state index contributed by atoms with van der Waals surface area (Å²) >= 11 is 0. The van der Waals surface area contributed by atoms with Gasteiger partial charge in [-0.2, -0.15) is 0 Å². The van der Waals surface area contributed by atoms with E-state index in [0.717, 1.165) is 5.69 Å². The van der Waals surface area contributed by atoms with Gasteiger partial charge in [-0.25, -0.2) is 4.79 Å². The Balaban J connectivity index is 1.51. The molecule has 8 heteroatoms. The van der Waals surface area contributed by atoms with Crippen LogP contribution in [0.2, 0.25) is 0 Å². The van der Waals surface area contributed by atoms with Gasteiger partial charge in [0.25, 0.3) is 0 Å². The fourth-order valence-electron chi connectivity index (χ4n) is 3.36. The summed E-state index contributed by atoms with van der Waals surface area (Å²) in [6.07, 6.45) is 1.60. The second-order valence-electron chi connectivity index (χ2n) is 6.51. The van der Waals surface area contributed by atoms with E-state index in [1.54, 1.807) is 27.8 Å². The zero-order chi connectivity index (χ0) is 18.5. The number of rotatable bonds is 4. The summed E-state index contributed by atoms with van der Waals surface area (Å²) in [7, 11) is 0. The van der Waals surface area contributed by atoms with E-state index in [2.05, 4.69) is 4.98 Å². The Morgan fingerprint density at radius 3 is 2.58 bits per heavy atom. The number of hydrogen-bond donors (Lipinski definition) is 0. The third-order valence-electron chi connectivity index (χ3n) is 4.76. The number of amides is 3. The van der Waals surface area contributed by atoms with Crippen LogP contribution in [0.1, 0.15) is 19.0 Å². The average molecular weight is 360 g/mol. The molecule has 0 saturated carbocycles. The minimum Gasteiger partial charge on any atom is -0.450 e. The van der Waals surface area contributed by atoms with Gasteiger partial charge in [0.15, 0.2) is 0 Å². The Hall–Kier alpha value is -2.64. The van der Waals surface area contributed by atoms with Crippen molar-refractivity contribution in [1.82, 2.24) is 19.7 Å². The Kier molecular flexibility index (Phi) is 5.70. The zero-order valence-corrected chi connectivity index (χ0v) is 15.0. The van der Waals surface area contributed by atoms with Crippen molar-refractivity contribution in [2.24, 2.45) is 5.92 Å². The molecular formula is C18H24N4O4. The van der Waals surface area contributed by atoms with Crippen molar-refractivity contribution in [3.05, 3.63) is 30.1 Å². The van der Waals surface area contributed by atoms with Gasteiger partial charge < -0.3 is 19.4 Å². The number of carbonyl (C=O) groups excluding carboxylic acids is 3. The lowest BCUT2D eigenvalue weighted by molar-refractivity contribution is -0.137. The van der Waals surface area contributed by atoms with Gasteiger partial charge in [-0.3, -0.25) is 14.6 Å². The lowest BCUT2D eigenvalue weighted by Crippen LogP contribution is -2.52. The topological polar surface area (TPSA) is 83.0 Å². The first-order valence-electron chi connectivity index (χ1n) is 8.96. The smallest absolute Gasteiger partial charge is 0.409 e. The quantitative estimate of drug-likeness (QED) is 0.791. The molecule has 0 bridgehead atoms. The van der Waals surface area contributed by atoms with E-state index in [9.17, 15) is 14.4 Å². The minimum atomic E-state index is -0.336. The van der Waals surface area contributed by atoms with E-state index in [1.807, 2.05) is 18.2 Å². The molecule has 0 radical (unpaired) electrons. The van der Waals surface area contributed by atoms with E-state index < -0.39 is 0 Å². The molecule has 1 unspecified atom stereocenters. The largest absolute Gasteiger partial charge is 0.450 e. The molecule has 2 aliphatic rings. The standard InChI is InChI=1S/C18H24N4O4/c1-2-26-18(25)21-9-7-20(8-10-21)17(24)14-11-16(23)22(12-14)13-15-5-3-4-6-19-15/h3-6,14H,2,7-13H2,1H3. The van der Waals surface area contributed by atoms with E-state index >= 15 is 0 Å². The highest BCUT2D eigenvalue weighted by molar-refractivity contribution is 5.89. The number of hydrogen-bond acceptors (Lipinski definition) is 5. The van der Waals surface area contributed by atoms with Gasteiger partial charge >= 0.3 is 6.09 Å².